The summed E-state index contributed by atoms with van der Waals surface area (Å²) < 4.78 is 56.2. The first-order valence-electron chi connectivity index (χ1n) is 13.8. The van der Waals surface area contributed by atoms with Crippen molar-refractivity contribution in [2.75, 3.05) is 68.8 Å². The molecule has 0 N–H and O–H groups in total. The molecule has 0 atom stereocenters. The molecule has 12 heteroatoms. The second-order valence-corrected chi connectivity index (χ2v) is 16.4. The fourth-order valence-electron chi connectivity index (χ4n) is 3.65. The number of carbonyl (C=O) groups is 1. The van der Waals surface area contributed by atoms with E-state index in [1.54, 1.807) is 24.3 Å². The molecule has 0 fully saturated rings. The summed E-state index contributed by atoms with van der Waals surface area (Å²) in [4.78, 5) is 14.4. The van der Waals surface area contributed by atoms with E-state index in [1.165, 1.54) is 28.4 Å². The van der Waals surface area contributed by atoms with Gasteiger partial charge in [-0.05, 0) is 50.2 Å². The van der Waals surface area contributed by atoms with Crippen molar-refractivity contribution in [1.29, 1.82) is 0 Å². The molecular formula is C31H46O11Si. The summed E-state index contributed by atoms with van der Waals surface area (Å²) in [6.45, 7) is 11.1. The first-order valence-corrected chi connectivity index (χ1v) is 17.5. The minimum atomic E-state index is -1.32. The van der Waals surface area contributed by atoms with E-state index >= 15 is 0 Å². The number of methoxy groups -OCH3 is 4. The van der Waals surface area contributed by atoms with E-state index in [2.05, 4.69) is 19.6 Å². The van der Waals surface area contributed by atoms with Crippen molar-refractivity contribution >= 4 is 13.9 Å². The van der Waals surface area contributed by atoms with Crippen molar-refractivity contribution in [1.82, 2.24) is 0 Å². The monoisotopic (exact) mass is 622 g/mol. The van der Waals surface area contributed by atoms with Crippen molar-refractivity contribution < 1.29 is 52.2 Å². The Hall–Kier alpha value is -3.29. The van der Waals surface area contributed by atoms with Gasteiger partial charge in [-0.2, -0.15) is 0 Å². The van der Waals surface area contributed by atoms with E-state index in [-0.39, 0.29) is 67.9 Å². The molecule has 0 saturated carbocycles. The van der Waals surface area contributed by atoms with Gasteiger partial charge in [0.1, 0.15) is 17.9 Å². The van der Waals surface area contributed by atoms with Crippen LogP contribution in [0.2, 0.25) is 25.7 Å². The maximum absolute atomic E-state index is 14.4. The number of ketones is 1. The van der Waals surface area contributed by atoms with E-state index in [4.69, 9.17) is 47.4 Å². The van der Waals surface area contributed by atoms with Gasteiger partial charge in [0.05, 0.1) is 12.7 Å². The molecule has 0 amide bonds. The highest BCUT2D eigenvalue weighted by Crippen LogP contribution is 2.45. The molecule has 2 rings (SSSR count). The lowest BCUT2D eigenvalue weighted by atomic mass is 9.99. The molecule has 0 unspecified atom stereocenters. The van der Waals surface area contributed by atoms with Crippen LogP contribution in [0.25, 0.3) is 0 Å². The number of benzene rings is 2. The Morgan fingerprint density at radius 1 is 0.698 bits per heavy atom. The lowest BCUT2D eigenvalue weighted by Crippen LogP contribution is -2.22. The zero-order chi connectivity index (χ0) is 31.8. The topological polar surface area (TPSA) is 109 Å². The number of carbonyl (C=O) groups excluding carboxylic acids is 1. The van der Waals surface area contributed by atoms with Crippen LogP contribution in [0, 0.1) is 0 Å². The molecular weight excluding hydrogens is 576 g/mol. The molecule has 2 aromatic carbocycles. The minimum Gasteiger partial charge on any atom is -0.492 e. The van der Waals surface area contributed by atoms with Crippen LogP contribution in [-0.4, -0.2) is 82.7 Å². The highest BCUT2D eigenvalue weighted by Gasteiger charge is 2.30. The lowest BCUT2D eigenvalue weighted by Gasteiger charge is -2.21. The standard InChI is InChI=1S/C31H46O11Si/c1-22(2)14-15-38-24-12-13-25(39-18-33-3)30(36-6)27(24)28(32)23-10-11-26(40-19-34-4)31(41-20-35-5)29(23)42-21-37-16-17-43(7,8)9/h10-14H,15-21H2,1-9H3. The predicted molar refractivity (Wildman–Crippen MR) is 165 cm³/mol. The van der Waals surface area contributed by atoms with Gasteiger partial charge in [-0.1, -0.05) is 25.2 Å². The summed E-state index contributed by atoms with van der Waals surface area (Å²) in [5, 5.41) is 0. The highest BCUT2D eigenvalue weighted by molar-refractivity contribution is 6.76. The third-order valence-corrected chi connectivity index (χ3v) is 7.54. The third-order valence-electron chi connectivity index (χ3n) is 5.83. The first-order chi connectivity index (χ1) is 20.6. The second kappa shape index (κ2) is 18.4. The van der Waals surface area contributed by atoms with E-state index in [0.717, 1.165) is 11.6 Å². The summed E-state index contributed by atoms with van der Waals surface area (Å²) in [5.74, 6) is 0.839. The average molecular weight is 623 g/mol. The summed E-state index contributed by atoms with van der Waals surface area (Å²) in [5.41, 5.74) is 1.35. The van der Waals surface area contributed by atoms with Gasteiger partial charge in [0.25, 0.3) is 0 Å². The lowest BCUT2D eigenvalue weighted by molar-refractivity contribution is 0.00937. The Labute approximate surface area is 255 Å². The molecule has 0 radical (unpaired) electrons. The zero-order valence-electron chi connectivity index (χ0n) is 26.8. The van der Waals surface area contributed by atoms with Gasteiger partial charge in [-0.15, -0.1) is 0 Å². The largest absolute Gasteiger partial charge is 0.492 e. The zero-order valence-corrected chi connectivity index (χ0v) is 27.8. The highest BCUT2D eigenvalue weighted by atomic mass is 28.3. The number of allylic oxidation sites excluding steroid dienone is 1. The van der Waals surface area contributed by atoms with Crippen LogP contribution < -0.4 is 28.4 Å². The maximum atomic E-state index is 14.4. The quantitative estimate of drug-likeness (QED) is 0.0545. The van der Waals surface area contributed by atoms with Crippen LogP contribution >= 0.6 is 0 Å². The molecule has 11 nitrogen and oxygen atoms in total. The van der Waals surface area contributed by atoms with Gasteiger partial charge in [0, 0.05) is 36.0 Å². The number of ether oxygens (including phenoxy) is 10. The van der Waals surface area contributed by atoms with Crippen LogP contribution in [0.4, 0.5) is 0 Å². The van der Waals surface area contributed by atoms with Crippen molar-refractivity contribution in [3.63, 3.8) is 0 Å². The molecule has 0 aromatic heterocycles. The molecule has 0 aliphatic rings. The van der Waals surface area contributed by atoms with E-state index in [9.17, 15) is 4.79 Å². The number of hydrogen-bond acceptors (Lipinski definition) is 11. The van der Waals surface area contributed by atoms with Crippen molar-refractivity contribution in [2.45, 2.75) is 39.5 Å². The maximum Gasteiger partial charge on any atom is 0.207 e. The fourth-order valence-corrected chi connectivity index (χ4v) is 4.40. The first kappa shape index (κ1) is 35.9. The summed E-state index contributed by atoms with van der Waals surface area (Å²) >= 11 is 0. The van der Waals surface area contributed by atoms with Gasteiger partial charge >= 0.3 is 0 Å². The molecule has 0 saturated heterocycles. The van der Waals surface area contributed by atoms with Gasteiger partial charge in [0.15, 0.2) is 50.2 Å². The van der Waals surface area contributed by atoms with Crippen LogP contribution in [-0.2, 0) is 18.9 Å². The molecule has 0 spiro atoms. The van der Waals surface area contributed by atoms with Crippen LogP contribution in [0.15, 0.2) is 35.9 Å². The number of hydrogen-bond donors (Lipinski definition) is 0. The average Bonchev–Trinajstić information content (AvgIpc) is 2.96. The van der Waals surface area contributed by atoms with E-state index in [1.807, 2.05) is 19.9 Å². The van der Waals surface area contributed by atoms with Crippen molar-refractivity contribution in [2.24, 2.45) is 0 Å². The molecule has 0 bridgehead atoms. The second-order valence-electron chi connectivity index (χ2n) is 10.8. The number of rotatable bonds is 21. The summed E-state index contributed by atoms with van der Waals surface area (Å²) in [6.07, 6.45) is 1.90. The predicted octanol–water partition coefficient (Wildman–Crippen LogP) is 5.91. The van der Waals surface area contributed by atoms with Gasteiger partial charge in [-0.25, -0.2) is 0 Å². The van der Waals surface area contributed by atoms with Gasteiger partial charge in [-0.3, -0.25) is 4.79 Å². The van der Waals surface area contributed by atoms with Crippen LogP contribution in [0.3, 0.4) is 0 Å². The molecule has 43 heavy (non-hydrogen) atoms. The van der Waals surface area contributed by atoms with Gasteiger partial charge in [0.2, 0.25) is 11.5 Å². The van der Waals surface area contributed by atoms with E-state index < -0.39 is 13.9 Å². The Morgan fingerprint density at radius 3 is 1.84 bits per heavy atom. The van der Waals surface area contributed by atoms with Crippen molar-refractivity contribution in [3.8, 4) is 34.5 Å². The Morgan fingerprint density at radius 2 is 1.26 bits per heavy atom. The fraction of sp³-hybridized carbons (Fsp3) is 0.516. The Kier molecular flexibility index (Phi) is 15.4. The minimum absolute atomic E-state index is 0.0500. The summed E-state index contributed by atoms with van der Waals surface area (Å²) in [6, 6.07) is 7.43. The third kappa shape index (κ3) is 11.4. The van der Waals surface area contributed by atoms with Crippen LogP contribution in [0.5, 0.6) is 34.5 Å². The van der Waals surface area contributed by atoms with Crippen LogP contribution in [0.1, 0.15) is 29.8 Å². The molecule has 0 heterocycles. The van der Waals surface area contributed by atoms with Crippen molar-refractivity contribution in [3.05, 3.63) is 47.0 Å². The Balaban J connectivity index is 2.68. The van der Waals surface area contributed by atoms with E-state index in [0.29, 0.717) is 18.1 Å². The molecule has 0 aliphatic carbocycles. The molecule has 240 valence electrons. The Bertz CT molecular complexity index is 1190. The smallest absolute Gasteiger partial charge is 0.207 e. The molecule has 2 aromatic rings. The SMILES string of the molecule is COCOc1ccc(C(=O)c2c(OCC=C(C)C)ccc(OCOC)c2OC)c(OCOCC[Si](C)(C)C)c1OCOC. The molecule has 0 aliphatic heterocycles. The summed E-state index contributed by atoms with van der Waals surface area (Å²) in [7, 11) is 4.61. The normalized spacial score (nSPS) is 11.1. The van der Waals surface area contributed by atoms with Gasteiger partial charge < -0.3 is 47.4 Å².